The summed E-state index contributed by atoms with van der Waals surface area (Å²) in [7, 11) is 0. The molecule has 0 spiro atoms. The number of aromatic nitrogens is 3. The maximum atomic E-state index is 11.3. The normalized spacial score (nSPS) is 11.6. The number of nitrogens with one attached hydrogen (secondary N) is 1. The van der Waals surface area contributed by atoms with Gasteiger partial charge in [-0.3, -0.25) is 10.1 Å². The molecule has 0 aliphatic rings. The predicted octanol–water partition coefficient (Wildman–Crippen LogP) is 3.49. The molecule has 0 bridgehead atoms. The summed E-state index contributed by atoms with van der Waals surface area (Å²) in [5.41, 5.74) is 4.65. The lowest BCUT2D eigenvalue weighted by Crippen LogP contribution is -2.28. The van der Waals surface area contributed by atoms with Gasteiger partial charge in [-0.05, 0) is 18.4 Å². The van der Waals surface area contributed by atoms with Gasteiger partial charge in [0.05, 0.1) is 10.6 Å². The summed E-state index contributed by atoms with van der Waals surface area (Å²) in [6.07, 6.45) is 3.80. The minimum atomic E-state index is -0.373. The number of H-pyrrole nitrogens is 1. The van der Waals surface area contributed by atoms with E-state index in [0.29, 0.717) is 5.52 Å². The maximum Gasteiger partial charge on any atom is 0.295 e. The molecule has 0 atom stereocenters. The van der Waals surface area contributed by atoms with Crippen LogP contribution in [-0.4, -0.2) is 15.0 Å². The Morgan fingerprint density at radius 3 is 2.67 bits per heavy atom. The van der Waals surface area contributed by atoms with Crippen molar-refractivity contribution in [1.29, 1.82) is 0 Å². The highest BCUT2D eigenvalue weighted by atomic mass is 16.6. The van der Waals surface area contributed by atoms with E-state index in [-0.39, 0.29) is 10.6 Å². The molecule has 1 N–H and O–H groups in total. The van der Waals surface area contributed by atoms with E-state index in [1.807, 2.05) is 22.8 Å². The highest BCUT2D eigenvalue weighted by Gasteiger charge is 2.21. The van der Waals surface area contributed by atoms with Gasteiger partial charge in [0, 0.05) is 29.0 Å². The van der Waals surface area contributed by atoms with Crippen LogP contribution in [0.3, 0.4) is 0 Å². The Balaban J connectivity index is 2.16. The van der Waals surface area contributed by atoms with E-state index < -0.39 is 0 Å². The standard InChI is InChI=1S/C18H16N4O2/c1-3-11-10-16-18-13(8-9-21(16)20-14(11)4-2)12-6-5-7-15(22(23)24)17(12)19-18/h5-10H,3-4H2,1-2H3/p+1. The van der Waals surface area contributed by atoms with Crippen LogP contribution in [0.2, 0.25) is 0 Å². The van der Waals surface area contributed by atoms with Gasteiger partial charge in [-0.25, -0.2) is 4.98 Å². The first-order chi connectivity index (χ1) is 11.6. The van der Waals surface area contributed by atoms with Crippen molar-refractivity contribution in [3.05, 3.63) is 57.9 Å². The molecule has 0 amide bonds. The Hall–Kier alpha value is -3.02. The number of fused-ring (bicyclic) bond motifs is 5. The molecule has 6 heteroatoms. The fraction of sp³-hybridized carbons (Fsp3) is 0.222. The zero-order valence-electron chi connectivity index (χ0n) is 13.5. The molecule has 0 saturated heterocycles. The van der Waals surface area contributed by atoms with Gasteiger partial charge >= 0.3 is 0 Å². The number of aryl methyl sites for hydroxylation is 2. The molecule has 120 valence electrons. The van der Waals surface area contributed by atoms with Crippen molar-refractivity contribution in [3.8, 4) is 0 Å². The van der Waals surface area contributed by atoms with Crippen molar-refractivity contribution in [3.63, 3.8) is 0 Å². The summed E-state index contributed by atoms with van der Waals surface area (Å²) < 4.78 is 1.94. The molecular weight excluding hydrogens is 304 g/mol. The second-order valence-electron chi connectivity index (χ2n) is 5.84. The number of benzene rings is 1. The Morgan fingerprint density at radius 1 is 1.17 bits per heavy atom. The first kappa shape index (κ1) is 14.6. The number of aromatic amines is 1. The first-order valence-electron chi connectivity index (χ1n) is 8.06. The monoisotopic (exact) mass is 321 g/mol. The van der Waals surface area contributed by atoms with E-state index in [9.17, 15) is 10.1 Å². The highest BCUT2D eigenvalue weighted by Crippen LogP contribution is 2.32. The third-order valence-electron chi connectivity index (χ3n) is 4.56. The summed E-state index contributed by atoms with van der Waals surface area (Å²) in [5, 5.41) is 16.5. The molecule has 4 rings (SSSR count). The summed E-state index contributed by atoms with van der Waals surface area (Å²) in [6.45, 7) is 4.24. The van der Waals surface area contributed by atoms with Crippen LogP contribution < -0.4 is 4.52 Å². The van der Waals surface area contributed by atoms with Crippen molar-refractivity contribution < 1.29 is 9.44 Å². The Morgan fingerprint density at radius 2 is 1.96 bits per heavy atom. The van der Waals surface area contributed by atoms with Gasteiger partial charge in [0.15, 0.2) is 0 Å². The second-order valence-corrected chi connectivity index (χ2v) is 5.84. The molecule has 0 fully saturated rings. The van der Waals surface area contributed by atoms with Gasteiger partial charge < -0.3 is 0 Å². The Labute approximate surface area is 137 Å². The summed E-state index contributed by atoms with van der Waals surface area (Å²) in [5.74, 6) is 0. The van der Waals surface area contributed by atoms with Crippen LogP contribution in [0.4, 0.5) is 5.69 Å². The number of rotatable bonds is 3. The number of nitro benzene ring substituents is 1. The van der Waals surface area contributed by atoms with Crippen molar-refractivity contribution in [1.82, 2.24) is 10.1 Å². The lowest BCUT2D eigenvalue weighted by Gasteiger charge is -2.04. The lowest BCUT2D eigenvalue weighted by molar-refractivity contribution is -0.580. The average molecular weight is 321 g/mol. The Bertz CT molecular complexity index is 1110. The van der Waals surface area contributed by atoms with Crippen molar-refractivity contribution in [2.24, 2.45) is 0 Å². The molecular formula is C18H17N4O2+. The van der Waals surface area contributed by atoms with Crippen LogP contribution in [0, 0.1) is 10.1 Å². The molecule has 0 aliphatic heterocycles. The molecule has 1 aromatic carbocycles. The third-order valence-corrected chi connectivity index (χ3v) is 4.56. The van der Waals surface area contributed by atoms with E-state index in [1.165, 1.54) is 17.3 Å². The van der Waals surface area contributed by atoms with Crippen molar-refractivity contribution in [2.75, 3.05) is 0 Å². The summed E-state index contributed by atoms with van der Waals surface area (Å²) >= 11 is 0. The number of nitro groups is 1. The van der Waals surface area contributed by atoms with Gasteiger partial charge in [-0.15, -0.1) is 0 Å². The van der Waals surface area contributed by atoms with Gasteiger partial charge in [0.2, 0.25) is 6.20 Å². The number of hydrogen-bond donors (Lipinski definition) is 1. The molecule has 0 saturated carbocycles. The molecule has 0 radical (unpaired) electrons. The predicted molar refractivity (Wildman–Crippen MR) is 92.2 cm³/mol. The quantitative estimate of drug-likeness (QED) is 0.356. The van der Waals surface area contributed by atoms with E-state index in [0.717, 1.165) is 34.6 Å². The average Bonchev–Trinajstić information content (AvgIpc) is 2.99. The fourth-order valence-electron chi connectivity index (χ4n) is 3.35. The van der Waals surface area contributed by atoms with Crippen LogP contribution in [0.15, 0.2) is 36.5 Å². The minimum absolute atomic E-state index is 0.0479. The third kappa shape index (κ3) is 1.96. The van der Waals surface area contributed by atoms with Crippen LogP contribution in [0.1, 0.15) is 25.1 Å². The van der Waals surface area contributed by atoms with Crippen LogP contribution >= 0.6 is 0 Å². The molecule has 4 aromatic rings. The molecule has 3 aromatic heterocycles. The van der Waals surface area contributed by atoms with Gasteiger partial charge in [0.25, 0.3) is 11.2 Å². The molecule has 24 heavy (non-hydrogen) atoms. The highest BCUT2D eigenvalue weighted by molar-refractivity contribution is 6.13. The number of nitrogens with zero attached hydrogens (tertiary/aromatic N) is 3. The Kier molecular flexibility index (Phi) is 3.19. The minimum Gasteiger partial charge on any atom is -0.258 e. The van der Waals surface area contributed by atoms with Gasteiger partial charge in [0.1, 0.15) is 11.0 Å². The fourth-order valence-corrected chi connectivity index (χ4v) is 3.35. The lowest BCUT2D eigenvalue weighted by atomic mass is 10.1. The number of hydrogen-bond acceptors (Lipinski definition) is 3. The van der Waals surface area contributed by atoms with Crippen LogP contribution in [0.25, 0.3) is 27.3 Å². The van der Waals surface area contributed by atoms with Crippen LogP contribution in [0.5, 0.6) is 0 Å². The van der Waals surface area contributed by atoms with Crippen molar-refractivity contribution in [2.45, 2.75) is 26.7 Å². The molecule has 3 heterocycles. The van der Waals surface area contributed by atoms with E-state index in [2.05, 4.69) is 30.0 Å². The SMILES string of the molecule is CCc1cc2c3nc4c([N+](=O)[O-])cccc4c3cc[n+]2[nH]c1CC. The zero-order chi connectivity index (χ0) is 16.8. The van der Waals surface area contributed by atoms with Gasteiger partial charge in [-0.2, -0.15) is 5.10 Å². The maximum absolute atomic E-state index is 11.3. The molecule has 0 unspecified atom stereocenters. The number of para-hydroxylation sites is 1. The molecule has 6 nitrogen and oxygen atoms in total. The molecule has 0 aliphatic carbocycles. The van der Waals surface area contributed by atoms with Crippen LogP contribution in [-0.2, 0) is 12.8 Å². The summed E-state index contributed by atoms with van der Waals surface area (Å²) in [4.78, 5) is 15.5. The van der Waals surface area contributed by atoms with Gasteiger partial charge in [-0.1, -0.05) is 30.5 Å². The van der Waals surface area contributed by atoms with Crippen molar-refractivity contribution >= 4 is 33.0 Å². The van der Waals surface area contributed by atoms with E-state index >= 15 is 0 Å². The topological polar surface area (TPSA) is 75.9 Å². The smallest absolute Gasteiger partial charge is 0.258 e. The van der Waals surface area contributed by atoms with E-state index in [1.54, 1.807) is 6.07 Å². The number of pyridine rings is 1. The van der Waals surface area contributed by atoms with E-state index in [4.69, 9.17) is 0 Å². The number of non-ortho nitro benzene ring substituents is 1. The first-order valence-corrected chi connectivity index (χ1v) is 8.06. The zero-order valence-corrected chi connectivity index (χ0v) is 13.5. The second kappa shape index (κ2) is 5.26. The summed E-state index contributed by atoms with van der Waals surface area (Å²) in [6, 6.07) is 9.20. The largest absolute Gasteiger partial charge is 0.295 e.